The number of nitrogens with two attached hydrogens (primary N) is 1. The first-order chi connectivity index (χ1) is 6.82. The summed E-state index contributed by atoms with van der Waals surface area (Å²) in [7, 11) is 0. The summed E-state index contributed by atoms with van der Waals surface area (Å²) in [6, 6.07) is 0.287. The fraction of sp³-hybridized carbons (Fsp3) is 0.917. The van der Waals surface area contributed by atoms with E-state index in [4.69, 9.17) is 5.73 Å². The van der Waals surface area contributed by atoms with Gasteiger partial charge in [0.2, 0.25) is 5.91 Å². The molecule has 0 bridgehead atoms. The van der Waals surface area contributed by atoms with Crippen molar-refractivity contribution in [1.29, 1.82) is 0 Å². The van der Waals surface area contributed by atoms with E-state index in [0.29, 0.717) is 0 Å². The molecule has 0 heterocycles. The Bertz CT molecular complexity index is 248. The first-order valence-electron chi connectivity index (χ1n) is 5.89. The average molecular weight is 212 g/mol. The van der Waals surface area contributed by atoms with E-state index in [1.54, 1.807) is 0 Å². The zero-order chi connectivity index (χ0) is 11.7. The van der Waals surface area contributed by atoms with E-state index in [1.165, 1.54) is 6.42 Å². The second-order valence-corrected chi connectivity index (χ2v) is 5.66. The van der Waals surface area contributed by atoms with Gasteiger partial charge in [0.05, 0.1) is 0 Å². The van der Waals surface area contributed by atoms with Crippen molar-refractivity contribution >= 4 is 5.91 Å². The highest BCUT2D eigenvalue weighted by Crippen LogP contribution is 2.43. The molecule has 1 atom stereocenters. The number of hydrogen-bond acceptors (Lipinski definition) is 2. The number of hydrogen-bond donors (Lipinski definition) is 2. The van der Waals surface area contributed by atoms with Crippen molar-refractivity contribution in [3.8, 4) is 0 Å². The van der Waals surface area contributed by atoms with E-state index in [1.807, 2.05) is 0 Å². The largest absolute Gasteiger partial charge is 0.368 e. The van der Waals surface area contributed by atoms with Crippen LogP contribution in [0.15, 0.2) is 0 Å². The van der Waals surface area contributed by atoms with Crippen LogP contribution in [0.2, 0.25) is 0 Å². The Kier molecular flexibility index (Phi) is 3.44. The van der Waals surface area contributed by atoms with Crippen LogP contribution in [0, 0.1) is 5.41 Å². The van der Waals surface area contributed by atoms with Crippen molar-refractivity contribution in [3.05, 3.63) is 0 Å². The van der Waals surface area contributed by atoms with E-state index in [-0.39, 0.29) is 17.4 Å². The fourth-order valence-electron chi connectivity index (χ4n) is 2.80. The smallest absolute Gasteiger partial charge is 0.238 e. The minimum Gasteiger partial charge on any atom is -0.368 e. The third-order valence-corrected chi connectivity index (χ3v) is 3.71. The van der Waals surface area contributed by atoms with Gasteiger partial charge >= 0.3 is 0 Å². The molecule has 0 aliphatic heterocycles. The number of carbonyl (C=O) groups excluding carboxylic acids is 1. The molecule has 1 amide bonds. The molecular weight excluding hydrogens is 188 g/mol. The molecule has 1 aliphatic rings. The fourth-order valence-corrected chi connectivity index (χ4v) is 2.80. The molecule has 1 aliphatic carbocycles. The summed E-state index contributed by atoms with van der Waals surface area (Å²) in [5.74, 6) is -0.194. The molecule has 0 aromatic rings. The number of carbonyl (C=O) groups is 1. The Morgan fingerprint density at radius 1 is 1.27 bits per heavy atom. The first-order valence-corrected chi connectivity index (χ1v) is 5.89. The molecule has 3 N–H and O–H groups in total. The normalized spacial score (nSPS) is 30.5. The monoisotopic (exact) mass is 212 g/mol. The summed E-state index contributed by atoms with van der Waals surface area (Å²) in [4.78, 5) is 11.8. The van der Waals surface area contributed by atoms with Gasteiger partial charge in [-0.2, -0.15) is 0 Å². The van der Waals surface area contributed by atoms with E-state index in [0.717, 1.165) is 19.3 Å². The van der Waals surface area contributed by atoms with Gasteiger partial charge in [0.15, 0.2) is 0 Å². The summed E-state index contributed by atoms with van der Waals surface area (Å²) in [6.07, 6.45) is 4.22. The van der Waals surface area contributed by atoms with Crippen LogP contribution < -0.4 is 11.1 Å². The summed E-state index contributed by atoms with van der Waals surface area (Å²) >= 11 is 0. The molecule has 0 aromatic heterocycles. The van der Waals surface area contributed by atoms with Crippen LogP contribution in [-0.4, -0.2) is 17.5 Å². The Morgan fingerprint density at radius 3 is 2.20 bits per heavy atom. The molecular formula is C12H24N2O. The lowest BCUT2D eigenvalue weighted by Gasteiger charge is -2.49. The van der Waals surface area contributed by atoms with Crippen LogP contribution in [0.1, 0.15) is 53.4 Å². The van der Waals surface area contributed by atoms with Crippen LogP contribution in [-0.2, 0) is 4.79 Å². The lowest BCUT2D eigenvalue weighted by atomic mass is 9.62. The molecule has 1 saturated carbocycles. The van der Waals surface area contributed by atoms with Gasteiger partial charge in [-0.1, -0.05) is 26.7 Å². The second-order valence-electron chi connectivity index (χ2n) is 5.66. The summed E-state index contributed by atoms with van der Waals surface area (Å²) in [5, 5.41) is 3.41. The summed E-state index contributed by atoms with van der Waals surface area (Å²) < 4.78 is 0. The van der Waals surface area contributed by atoms with Gasteiger partial charge in [0.1, 0.15) is 5.54 Å². The van der Waals surface area contributed by atoms with Crippen molar-refractivity contribution in [2.24, 2.45) is 11.1 Å². The molecule has 1 fully saturated rings. The predicted octanol–water partition coefficient (Wildman–Crippen LogP) is 1.81. The van der Waals surface area contributed by atoms with Crippen LogP contribution in [0.3, 0.4) is 0 Å². The number of rotatable bonds is 3. The molecule has 0 aromatic carbocycles. The van der Waals surface area contributed by atoms with Gasteiger partial charge in [0, 0.05) is 6.04 Å². The van der Waals surface area contributed by atoms with Crippen molar-refractivity contribution in [3.63, 3.8) is 0 Å². The van der Waals surface area contributed by atoms with Gasteiger partial charge in [-0.05, 0) is 32.1 Å². The Morgan fingerprint density at radius 2 is 1.80 bits per heavy atom. The molecule has 3 nitrogen and oxygen atoms in total. The molecule has 88 valence electrons. The highest BCUT2D eigenvalue weighted by atomic mass is 16.1. The summed E-state index contributed by atoms with van der Waals surface area (Å²) in [6.45, 7) is 8.42. The predicted molar refractivity (Wildman–Crippen MR) is 62.4 cm³/mol. The van der Waals surface area contributed by atoms with Gasteiger partial charge in [0.25, 0.3) is 0 Å². The minimum absolute atomic E-state index is 0.0403. The molecule has 3 heteroatoms. The van der Waals surface area contributed by atoms with E-state index >= 15 is 0 Å². The maximum absolute atomic E-state index is 11.8. The number of amides is 1. The van der Waals surface area contributed by atoms with Gasteiger partial charge in [-0.3, -0.25) is 4.79 Å². The lowest BCUT2D eigenvalue weighted by Crippen LogP contribution is -2.66. The van der Waals surface area contributed by atoms with E-state index < -0.39 is 5.54 Å². The van der Waals surface area contributed by atoms with Crippen LogP contribution in [0.25, 0.3) is 0 Å². The van der Waals surface area contributed by atoms with Crippen molar-refractivity contribution in [1.82, 2.24) is 5.32 Å². The Balaban J connectivity index is 3.01. The molecule has 0 radical (unpaired) electrons. The summed E-state index contributed by atoms with van der Waals surface area (Å²) in [5.41, 5.74) is 5.07. The average Bonchev–Trinajstić information content (AvgIpc) is 2.07. The van der Waals surface area contributed by atoms with Crippen LogP contribution in [0.5, 0.6) is 0 Å². The van der Waals surface area contributed by atoms with Gasteiger partial charge in [-0.25, -0.2) is 0 Å². The third kappa shape index (κ3) is 2.17. The van der Waals surface area contributed by atoms with E-state index in [2.05, 4.69) is 33.0 Å². The topological polar surface area (TPSA) is 55.1 Å². The van der Waals surface area contributed by atoms with Crippen molar-refractivity contribution in [2.75, 3.05) is 0 Å². The van der Waals surface area contributed by atoms with Gasteiger partial charge < -0.3 is 11.1 Å². The number of primary amides is 1. The van der Waals surface area contributed by atoms with Gasteiger partial charge in [-0.15, -0.1) is 0 Å². The van der Waals surface area contributed by atoms with Crippen molar-refractivity contribution < 1.29 is 4.79 Å². The SMILES string of the molecule is CC(C)NC1(C(N)=O)CCCCC1(C)C. The lowest BCUT2D eigenvalue weighted by molar-refractivity contribution is -0.132. The zero-order valence-electron chi connectivity index (χ0n) is 10.4. The highest BCUT2D eigenvalue weighted by molar-refractivity contribution is 5.86. The molecule has 0 spiro atoms. The zero-order valence-corrected chi connectivity index (χ0v) is 10.4. The quantitative estimate of drug-likeness (QED) is 0.749. The number of nitrogens with one attached hydrogen (secondary N) is 1. The Hall–Kier alpha value is -0.570. The second kappa shape index (κ2) is 4.12. The minimum atomic E-state index is -0.514. The van der Waals surface area contributed by atoms with Crippen molar-refractivity contribution in [2.45, 2.75) is 65.0 Å². The maximum Gasteiger partial charge on any atom is 0.238 e. The van der Waals surface area contributed by atoms with E-state index in [9.17, 15) is 4.79 Å². The molecule has 1 unspecified atom stereocenters. The first kappa shape index (κ1) is 12.5. The molecule has 0 saturated heterocycles. The highest BCUT2D eigenvalue weighted by Gasteiger charge is 2.51. The molecule has 15 heavy (non-hydrogen) atoms. The molecule has 1 rings (SSSR count). The maximum atomic E-state index is 11.8. The Labute approximate surface area is 92.8 Å². The third-order valence-electron chi connectivity index (χ3n) is 3.71. The van der Waals surface area contributed by atoms with Crippen LogP contribution in [0.4, 0.5) is 0 Å². The van der Waals surface area contributed by atoms with Crippen LogP contribution >= 0.6 is 0 Å². The standard InChI is InChI=1S/C12H24N2O/c1-9(2)14-12(10(13)15)8-6-5-7-11(12,3)4/h9,14H,5-8H2,1-4H3,(H2,13,15).